The minimum atomic E-state index is -0.104. The van der Waals surface area contributed by atoms with Crippen LogP contribution in [0.5, 0.6) is 0 Å². The number of amides is 2. The second-order valence-corrected chi connectivity index (χ2v) is 8.30. The molecule has 2 aromatic carbocycles. The van der Waals surface area contributed by atoms with Crippen molar-refractivity contribution in [3.63, 3.8) is 0 Å². The van der Waals surface area contributed by atoms with Gasteiger partial charge in [0, 0.05) is 17.3 Å². The van der Waals surface area contributed by atoms with Crippen LogP contribution in [0, 0.1) is 0 Å². The molecule has 1 saturated carbocycles. The predicted molar refractivity (Wildman–Crippen MR) is 113 cm³/mol. The molecule has 4 rings (SSSR count). The number of imidazole rings is 1. The highest BCUT2D eigenvalue weighted by atomic mass is 32.2. The maximum absolute atomic E-state index is 12.3. The van der Waals surface area contributed by atoms with E-state index < -0.39 is 0 Å². The highest BCUT2D eigenvalue weighted by Gasteiger charge is 2.23. The molecule has 0 spiro atoms. The number of hydrogen-bond donors (Lipinski definition) is 3. The van der Waals surface area contributed by atoms with Crippen molar-refractivity contribution in [2.45, 2.75) is 31.1 Å². The molecule has 1 heterocycles. The van der Waals surface area contributed by atoms with Gasteiger partial charge in [0.25, 0.3) is 5.91 Å². The second kappa shape index (κ2) is 8.06. The Morgan fingerprint density at radius 2 is 2.04 bits per heavy atom. The summed E-state index contributed by atoms with van der Waals surface area (Å²) in [5.41, 5.74) is 3.12. The van der Waals surface area contributed by atoms with Gasteiger partial charge in [-0.3, -0.25) is 9.59 Å². The first-order valence-electron chi connectivity index (χ1n) is 9.35. The number of para-hydroxylation sites is 2. The molecule has 0 radical (unpaired) electrons. The first kappa shape index (κ1) is 18.6. The molecule has 144 valence electrons. The van der Waals surface area contributed by atoms with Gasteiger partial charge in [-0.25, -0.2) is 4.98 Å². The lowest BCUT2D eigenvalue weighted by atomic mass is 10.2. The van der Waals surface area contributed by atoms with E-state index in [9.17, 15) is 9.59 Å². The minimum Gasteiger partial charge on any atom is -0.349 e. The molecule has 3 aromatic rings. The average molecular weight is 395 g/mol. The molecule has 3 N–H and O–H groups in total. The number of H-pyrrole nitrogens is 1. The van der Waals surface area contributed by atoms with Crippen LogP contribution in [0.1, 0.15) is 41.2 Å². The minimum absolute atomic E-state index is 0.0637. The second-order valence-electron chi connectivity index (χ2n) is 6.97. The smallest absolute Gasteiger partial charge is 0.251 e. The van der Waals surface area contributed by atoms with Crippen LogP contribution in [0.4, 0.5) is 5.69 Å². The fraction of sp³-hybridized carbons (Fsp3) is 0.286. The Morgan fingerprint density at radius 3 is 2.82 bits per heavy atom. The van der Waals surface area contributed by atoms with Crippen LogP contribution in [0.25, 0.3) is 11.0 Å². The zero-order valence-corrected chi connectivity index (χ0v) is 16.4. The van der Waals surface area contributed by atoms with Crippen molar-refractivity contribution in [3.8, 4) is 0 Å². The van der Waals surface area contributed by atoms with Crippen molar-refractivity contribution in [2.75, 3.05) is 11.1 Å². The van der Waals surface area contributed by atoms with Crippen LogP contribution in [0.2, 0.25) is 0 Å². The van der Waals surface area contributed by atoms with E-state index >= 15 is 0 Å². The number of carbonyl (C=O) groups excluding carboxylic acids is 2. The molecule has 6 nitrogen and oxygen atoms in total. The molecule has 1 aromatic heterocycles. The Morgan fingerprint density at radius 1 is 1.21 bits per heavy atom. The molecule has 7 heteroatoms. The van der Waals surface area contributed by atoms with E-state index in [1.165, 1.54) is 11.8 Å². The van der Waals surface area contributed by atoms with E-state index in [0.717, 1.165) is 29.7 Å². The van der Waals surface area contributed by atoms with Gasteiger partial charge in [0.05, 0.1) is 22.0 Å². The first-order valence-corrected chi connectivity index (χ1v) is 10.4. The lowest BCUT2D eigenvalue weighted by Crippen LogP contribution is -2.25. The quantitative estimate of drug-likeness (QED) is 0.567. The zero-order valence-electron chi connectivity index (χ0n) is 15.6. The normalized spacial score (nSPS) is 14.6. The summed E-state index contributed by atoms with van der Waals surface area (Å²) in [4.78, 5) is 32.3. The molecule has 1 aliphatic carbocycles. The average Bonchev–Trinajstić information content (AvgIpc) is 3.40. The number of anilines is 1. The van der Waals surface area contributed by atoms with E-state index in [1.807, 2.05) is 31.2 Å². The topological polar surface area (TPSA) is 86.9 Å². The van der Waals surface area contributed by atoms with Crippen LogP contribution in [-0.4, -0.2) is 33.6 Å². The van der Waals surface area contributed by atoms with Gasteiger partial charge in [-0.1, -0.05) is 18.2 Å². The van der Waals surface area contributed by atoms with Crippen LogP contribution in [0.3, 0.4) is 0 Å². The summed E-state index contributed by atoms with van der Waals surface area (Å²) in [5, 5.41) is 5.89. The Balaban J connectivity index is 1.32. The van der Waals surface area contributed by atoms with Crippen LogP contribution in [0.15, 0.2) is 48.5 Å². The summed E-state index contributed by atoms with van der Waals surface area (Å²) in [6, 6.07) is 15.2. The fourth-order valence-corrected chi connectivity index (χ4v) is 3.62. The lowest BCUT2D eigenvalue weighted by Gasteiger charge is -2.10. The van der Waals surface area contributed by atoms with E-state index in [2.05, 4.69) is 20.6 Å². The molecule has 2 amide bonds. The summed E-state index contributed by atoms with van der Waals surface area (Å²) < 4.78 is 0. The maximum atomic E-state index is 12.3. The Labute approximate surface area is 167 Å². The number of aromatic amines is 1. The molecule has 1 fully saturated rings. The predicted octanol–water partition coefficient (Wildman–Crippen LogP) is 3.89. The molecular formula is C21H22N4O2S. The number of benzene rings is 2. The van der Waals surface area contributed by atoms with Crippen molar-refractivity contribution >= 4 is 40.3 Å². The van der Waals surface area contributed by atoms with Gasteiger partial charge >= 0.3 is 0 Å². The maximum Gasteiger partial charge on any atom is 0.251 e. The Kier molecular flexibility index (Phi) is 5.34. The summed E-state index contributed by atoms with van der Waals surface area (Å²) in [6.07, 6.45) is 2.09. The molecule has 0 saturated heterocycles. The SMILES string of the molecule is C[C@H](SCC(=O)Nc1cccc(C(=O)NC2CC2)c1)c1nc2ccccc2[nH]1. The third-order valence-corrected chi connectivity index (χ3v) is 5.73. The van der Waals surface area contributed by atoms with Crippen LogP contribution in [-0.2, 0) is 4.79 Å². The van der Waals surface area contributed by atoms with E-state index in [0.29, 0.717) is 23.0 Å². The van der Waals surface area contributed by atoms with Crippen molar-refractivity contribution < 1.29 is 9.59 Å². The summed E-state index contributed by atoms with van der Waals surface area (Å²) in [7, 11) is 0. The highest BCUT2D eigenvalue weighted by Crippen LogP contribution is 2.27. The molecule has 0 unspecified atom stereocenters. The molecular weight excluding hydrogens is 372 g/mol. The Hall–Kier alpha value is -2.80. The number of rotatable bonds is 7. The number of nitrogens with one attached hydrogen (secondary N) is 3. The highest BCUT2D eigenvalue weighted by molar-refractivity contribution is 8.00. The van der Waals surface area contributed by atoms with Gasteiger partial charge in [0.1, 0.15) is 5.82 Å². The molecule has 1 atom stereocenters. The van der Waals surface area contributed by atoms with Gasteiger partial charge in [-0.15, -0.1) is 11.8 Å². The summed E-state index contributed by atoms with van der Waals surface area (Å²) in [6.45, 7) is 2.03. The molecule has 1 aliphatic rings. The standard InChI is InChI=1S/C21H22N4O2S/c1-13(20-24-17-7-2-3-8-18(17)25-20)28-12-19(26)22-16-6-4-5-14(11-16)21(27)23-15-9-10-15/h2-8,11,13,15H,9-10,12H2,1H3,(H,22,26)(H,23,27)(H,24,25)/t13-/m0/s1. The van der Waals surface area contributed by atoms with Gasteiger partial charge in [-0.05, 0) is 50.1 Å². The van der Waals surface area contributed by atoms with Crippen molar-refractivity contribution in [1.29, 1.82) is 0 Å². The number of fused-ring (bicyclic) bond motifs is 1. The summed E-state index contributed by atoms with van der Waals surface area (Å²) >= 11 is 1.51. The first-order chi connectivity index (χ1) is 13.6. The van der Waals surface area contributed by atoms with Crippen LogP contribution < -0.4 is 10.6 Å². The van der Waals surface area contributed by atoms with Gasteiger partial charge in [-0.2, -0.15) is 0 Å². The van der Waals surface area contributed by atoms with Crippen molar-refractivity contribution in [1.82, 2.24) is 15.3 Å². The van der Waals surface area contributed by atoms with E-state index in [1.54, 1.807) is 24.3 Å². The largest absolute Gasteiger partial charge is 0.349 e. The van der Waals surface area contributed by atoms with E-state index in [4.69, 9.17) is 0 Å². The van der Waals surface area contributed by atoms with Crippen molar-refractivity contribution in [2.24, 2.45) is 0 Å². The van der Waals surface area contributed by atoms with Gasteiger partial charge in [0.15, 0.2) is 0 Å². The summed E-state index contributed by atoms with van der Waals surface area (Å²) in [5.74, 6) is 0.966. The zero-order chi connectivity index (χ0) is 19.5. The number of aromatic nitrogens is 2. The number of nitrogens with zero attached hydrogens (tertiary/aromatic N) is 1. The number of thioether (sulfide) groups is 1. The monoisotopic (exact) mass is 394 g/mol. The fourth-order valence-electron chi connectivity index (χ4n) is 2.88. The van der Waals surface area contributed by atoms with Gasteiger partial charge < -0.3 is 15.6 Å². The number of carbonyl (C=O) groups is 2. The molecule has 0 aliphatic heterocycles. The molecule has 0 bridgehead atoms. The third-order valence-electron chi connectivity index (χ3n) is 4.58. The van der Waals surface area contributed by atoms with Gasteiger partial charge in [0.2, 0.25) is 5.91 Å². The van der Waals surface area contributed by atoms with E-state index in [-0.39, 0.29) is 17.1 Å². The lowest BCUT2D eigenvalue weighted by molar-refractivity contribution is -0.113. The van der Waals surface area contributed by atoms with Crippen LogP contribution >= 0.6 is 11.8 Å². The third kappa shape index (κ3) is 4.54. The molecule has 28 heavy (non-hydrogen) atoms. The van der Waals surface area contributed by atoms with Crippen molar-refractivity contribution in [3.05, 3.63) is 59.9 Å². The number of hydrogen-bond acceptors (Lipinski definition) is 4. The Bertz CT molecular complexity index is 979.